The van der Waals surface area contributed by atoms with Gasteiger partial charge >= 0.3 is 0 Å². The summed E-state index contributed by atoms with van der Waals surface area (Å²) in [4.78, 5) is 15.7. The second-order valence-electron chi connectivity index (χ2n) is 4.26. The van der Waals surface area contributed by atoms with Crippen LogP contribution in [0.25, 0.3) is 0 Å². The Labute approximate surface area is 131 Å². The van der Waals surface area contributed by atoms with E-state index in [1.807, 2.05) is 24.3 Å². The van der Waals surface area contributed by atoms with E-state index in [0.717, 1.165) is 15.8 Å². The minimum atomic E-state index is 0.0518. The maximum atomic E-state index is 11.7. The van der Waals surface area contributed by atoms with E-state index in [2.05, 4.69) is 38.4 Å². The van der Waals surface area contributed by atoms with Crippen molar-refractivity contribution in [2.24, 2.45) is 0 Å². The van der Waals surface area contributed by atoms with Gasteiger partial charge in [0.25, 0.3) is 0 Å². The zero-order chi connectivity index (χ0) is 14.2. The molecular formula is C15H15BrN2OS. The number of carbonyl (C=O) groups is 1. The fourth-order valence-electron chi connectivity index (χ4n) is 1.60. The molecule has 0 fully saturated rings. The molecule has 0 radical (unpaired) electrons. The molecule has 1 heterocycles. The van der Waals surface area contributed by atoms with E-state index in [1.54, 1.807) is 24.2 Å². The van der Waals surface area contributed by atoms with Crippen LogP contribution in [0.15, 0.2) is 53.3 Å². The molecule has 0 aliphatic rings. The number of aromatic nitrogens is 1. The standard InChI is InChI=1S/C15H15BrN2OS/c16-14-5-3-12(4-6-14)10-20-11-15(19)18-9-13-2-1-7-17-8-13/h1-8H,9-11H2,(H,18,19). The number of halogens is 1. The van der Waals surface area contributed by atoms with Gasteiger partial charge in [-0.3, -0.25) is 9.78 Å². The molecule has 2 rings (SSSR count). The summed E-state index contributed by atoms with van der Waals surface area (Å²) in [6, 6.07) is 12.0. The number of rotatable bonds is 6. The first-order valence-electron chi connectivity index (χ1n) is 6.22. The summed E-state index contributed by atoms with van der Waals surface area (Å²) in [7, 11) is 0. The van der Waals surface area contributed by atoms with Crippen LogP contribution in [0, 0.1) is 0 Å². The fourth-order valence-corrected chi connectivity index (χ4v) is 2.68. The van der Waals surface area contributed by atoms with Crippen molar-refractivity contribution in [2.45, 2.75) is 12.3 Å². The number of carbonyl (C=O) groups excluding carboxylic acids is 1. The molecule has 104 valence electrons. The lowest BCUT2D eigenvalue weighted by atomic mass is 10.2. The van der Waals surface area contributed by atoms with E-state index in [-0.39, 0.29) is 5.91 Å². The molecule has 0 saturated carbocycles. The topological polar surface area (TPSA) is 42.0 Å². The monoisotopic (exact) mass is 350 g/mol. The molecule has 0 bridgehead atoms. The first kappa shape index (κ1) is 15.1. The van der Waals surface area contributed by atoms with Crippen LogP contribution < -0.4 is 5.32 Å². The van der Waals surface area contributed by atoms with Crippen molar-refractivity contribution in [3.63, 3.8) is 0 Å². The third kappa shape index (κ3) is 5.35. The lowest BCUT2D eigenvalue weighted by Gasteiger charge is -2.05. The highest BCUT2D eigenvalue weighted by Crippen LogP contribution is 2.15. The van der Waals surface area contributed by atoms with Gasteiger partial charge in [-0.15, -0.1) is 11.8 Å². The minimum Gasteiger partial charge on any atom is -0.351 e. The SMILES string of the molecule is O=C(CSCc1ccc(Br)cc1)NCc1cccnc1. The van der Waals surface area contributed by atoms with Crippen LogP contribution in [0.4, 0.5) is 0 Å². The zero-order valence-electron chi connectivity index (χ0n) is 10.9. The van der Waals surface area contributed by atoms with Crippen LogP contribution in [0.3, 0.4) is 0 Å². The first-order valence-corrected chi connectivity index (χ1v) is 8.16. The molecule has 1 N–H and O–H groups in total. The minimum absolute atomic E-state index is 0.0518. The van der Waals surface area contributed by atoms with Crippen LogP contribution in [0.2, 0.25) is 0 Å². The Morgan fingerprint density at radius 3 is 2.70 bits per heavy atom. The summed E-state index contributed by atoms with van der Waals surface area (Å²) >= 11 is 5.02. The smallest absolute Gasteiger partial charge is 0.230 e. The molecule has 2 aromatic rings. The first-order chi connectivity index (χ1) is 9.74. The van der Waals surface area contributed by atoms with E-state index in [0.29, 0.717) is 12.3 Å². The summed E-state index contributed by atoms with van der Waals surface area (Å²) in [6.07, 6.45) is 3.48. The lowest BCUT2D eigenvalue weighted by molar-refractivity contribution is -0.118. The maximum absolute atomic E-state index is 11.7. The molecule has 0 aliphatic heterocycles. The quantitative estimate of drug-likeness (QED) is 0.867. The Morgan fingerprint density at radius 1 is 1.20 bits per heavy atom. The van der Waals surface area contributed by atoms with Crippen LogP contribution in [-0.2, 0) is 17.1 Å². The summed E-state index contributed by atoms with van der Waals surface area (Å²) in [5.41, 5.74) is 2.23. The normalized spacial score (nSPS) is 10.2. The summed E-state index contributed by atoms with van der Waals surface area (Å²) in [6.45, 7) is 0.533. The van der Waals surface area contributed by atoms with E-state index < -0.39 is 0 Å². The Morgan fingerprint density at radius 2 is 2.00 bits per heavy atom. The Kier molecular flexibility index (Phi) is 6.08. The summed E-state index contributed by atoms with van der Waals surface area (Å²) in [5.74, 6) is 1.36. The highest BCUT2D eigenvalue weighted by molar-refractivity contribution is 9.10. The molecule has 0 aliphatic carbocycles. The van der Waals surface area contributed by atoms with Crippen molar-refractivity contribution in [1.29, 1.82) is 0 Å². The van der Waals surface area contributed by atoms with Gasteiger partial charge in [0, 0.05) is 29.2 Å². The predicted octanol–water partition coefficient (Wildman–Crippen LogP) is 3.39. The number of amides is 1. The highest BCUT2D eigenvalue weighted by atomic mass is 79.9. The van der Waals surface area contributed by atoms with Crippen LogP contribution in [0.5, 0.6) is 0 Å². The van der Waals surface area contributed by atoms with Gasteiger partial charge in [-0.2, -0.15) is 0 Å². The second kappa shape index (κ2) is 8.07. The van der Waals surface area contributed by atoms with Crippen molar-refractivity contribution in [3.8, 4) is 0 Å². The Hall–Kier alpha value is -1.33. The lowest BCUT2D eigenvalue weighted by Crippen LogP contribution is -2.24. The molecule has 0 spiro atoms. The number of nitrogens with one attached hydrogen (secondary N) is 1. The molecule has 1 aromatic carbocycles. The van der Waals surface area contributed by atoms with Crippen molar-refractivity contribution >= 4 is 33.6 Å². The largest absolute Gasteiger partial charge is 0.351 e. The molecule has 1 aromatic heterocycles. The number of thioether (sulfide) groups is 1. The van der Waals surface area contributed by atoms with Gasteiger partial charge in [0.2, 0.25) is 5.91 Å². The highest BCUT2D eigenvalue weighted by Gasteiger charge is 2.02. The molecule has 0 saturated heterocycles. The van der Waals surface area contributed by atoms with Crippen LogP contribution in [0.1, 0.15) is 11.1 Å². The van der Waals surface area contributed by atoms with Crippen molar-refractivity contribution in [3.05, 3.63) is 64.4 Å². The fraction of sp³-hybridized carbons (Fsp3) is 0.200. The molecule has 1 amide bonds. The van der Waals surface area contributed by atoms with Gasteiger partial charge in [0.05, 0.1) is 5.75 Å². The van der Waals surface area contributed by atoms with E-state index in [1.165, 1.54) is 5.56 Å². The van der Waals surface area contributed by atoms with Gasteiger partial charge < -0.3 is 5.32 Å². The average Bonchev–Trinajstić information content (AvgIpc) is 2.48. The van der Waals surface area contributed by atoms with Crippen molar-refractivity contribution in [1.82, 2.24) is 10.3 Å². The predicted molar refractivity (Wildman–Crippen MR) is 86.4 cm³/mol. The van der Waals surface area contributed by atoms with Crippen molar-refractivity contribution < 1.29 is 4.79 Å². The summed E-state index contributed by atoms with van der Waals surface area (Å²) in [5, 5.41) is 2.89. The van der Waals surface area contributed by atoms with E-state index in [4.69, 9.17) is 0 Å². The summed E-state index contributed by atoms with van der Waals surface area (Å²) < 4.78 is 1.07. The third-order valence-electron chi connectivity index (χ3n) is 2.63. The zero-order valence-corrected chi connectivity index (χ0v) is 13.3. The molecule has 5 heteroatoms. The van der Waals surface area contributed by atoms with Crippen molar-refractivity contribution in [2.75, 3.05) is 5.75 Å². The number of benzene rings is 1. The van der Waals surface area contributed by atoms with Crippen LogP contribution in [-0.4, -0.2) is 16.6 Å². The second-order valence-corrected chi connectivity index (χ2v) is 6.16. The number of hydrogen-bond acceptors (Lipinski definition) is 3. The molecule has 0 unspecified atom stereocenters. The molecule has 0 atom stereocenters. The van der Waals surface area contributed by atoms with Gasteiger partial charge in [0.15, 0.2) is 0 Å². The number of pyridine rings is 1. The van der Waals surface area contributed by atoms with Gasteiger partial charge in [-0.05, 0) is 29.3 Å². The Balaban J connectivity index is 1.66. The molecular weight excluding hydrogens is 336 g/mol. The van der Waals surface area contributed by atoms with Gasteiger partial charge in [-0.25, -0.2) is 0 Å². The van der Waals surface area contributed by atoms with E-state index >= 15 is 0 Å². The molecule has 3 nitrogen and oxygen atoms in total. The third-order valence-corrected chi connectivity index (χ3v) is 4.16. The number of nitrogens with zero attached hydrogens (tertiary/aromatic N) is 1. The van der Waals surface area contributed by atoms with Crippen LogP contribution >= 0.6 is 27.7 Å². The average molecular weight is 351 g/mol. The Bertz CT molecular complexity index is 546. The van der Waals surface area contributed by atoms with Gasteiger partial charge in [-0.1, -0.05) is 34.1 Å². The van der Waals surface area contributed by atoms with E-state index in [9.17, 15) is 4.79 Å². The maximum Gasteiger partial charge on any atom is 0.230 e. The van der Waals surface area contributed by atoms with Gasteiger partial charge in [0.1, 0.15) is 0 Å². The number of hydrogen-bond donors (Lipinski definition) is 1. The molecule has 20 heavy (non-hydrogen) atoms.